The van der Waals surface area contributed by atoms with Crippen molar-refractivity contribution in [3.63, 3.8) is 0 Å². The topological polar surface area (TPSA) is 0 Å². The van der Waals surface area contributed by atoms with Crippen LogP contribution in [0.2, 0.25) is 0 Å². The van der Waals surface area contributed by atoms with Gasteiger partial charge in [-0.2, -0.15) is 0 Å². The molecule has 2 aromatic carbocycles. The first-order valence-electron chi connectivity index (χ1n) is 6.17. The number of hydrogen-bond acceptors (Lipinski definition) is 0. The molecule has 18 heavy (non-hydrogen) atoms. The van der Waals surface area contributed by atoms with Gasteiger partial charge in [0.15, 0.2) is 0 Å². The third-order valence-electron chi connectivity index (χ3n) is 3.28. The molecule has 0 saturated carbocycles. The summed E-state index contributed by atoms with van der Waals surface area (Å²) in [5.41, 5.74) is 2.64. The fourth-order valence-corrected chi connectivity index (χ4v) is 2.12. The molecule has 0 N–H and O–H groups in total. The molecule has 0 heterocycles. The zero-order valence-electron chi connectivity index (χ0n) is 10.6. The van der Waals surface area contributed by atoms with Crippen molar-refractivity contribution in [3.05, 3.63) is 59.7 Å². The minimum atomic E-state index is -0.538. The second kappa shape index (κ2) is 5.30. The Morgan fingerprint density at radius 2 is 1.61 bits per heavy atom. The van der Waals surface area contributed by atoms with E-state index in [1.807, 2.05) is 24.3 Å². The van der Waals surface area contributed by atoms with Gasteiger partial charge in [0.2, 0.25) is 0 Å². The van der Waals surface area contributed by atoms with Crippen LogP contribution in [0.1, 0.15) is 31.7 Å². The molecule has 2 rings (SSSR count). The molecule has 0 spiro atoms. The van der Waals surface area contributed by atoms with Crippen LogP contribution >= 0.6 is 0 Å². The molecule has 1 atom stereocenters. The zero-order valence-corrected chi connectivity index (χ0v) is 10.6. The van der Waals surface area contributed by atoms with E-state index in [1.165, 1.54) is 12.1 Å². The van der Waals surface area contributed by atoms with Crippen molar-refractivity contribution in [2.45, 2.75) is 26.2 Å². The van der Waals surface area contributed by atoms with E-state index < -0.39 is 11.6 Å². The highest BCUT2D eigenvalue weighted by molar-refractivity contribution is 5.68. The van der Waals surface area contributed by atoms with Crippen LogP contribution in [0.3, 0.4) is 0 Å². The van der Waals surface area contributed by atoms with Crippen molar-refractivity contribution >= 4 is 0 Å². The van der Waals surface area contributed by atoms with Crippen molar-refractivity contribution in [1.29, 1.82) is 0 Å². The van der Waals surface area contributed by atoms with Crippen LogP contribution in [0.25, 0.3) is 11.1 Å². The zero-order chi connectivity index (χ0) is 13.1. The molecule has 1 unspecified atom stereocenters. The molecule has 0 aliphatic rings. The van der Waals surface area contributed by atoms with Crippen LogP contribution in [0, 0.1) is 11.6 Å². The second-order valence-electron chi connectivity index (χ2n) is 4.55. The van der Waals surface area contributed by atoms with Crippen LogP contribution < -0.4 is 0 Å². The molecule has 0 aromatic heterocycles. The Morgan fingerprint density at radius 3 is 2.22 bits per heavy atom. The number of benzene rings is 2. The van der Waals surface area contributed by atoms with Crippen molar-refractivity contribution in [2.75, 3.05) is 0 Å². The van der Waals surface area contributed by atoms with Gasteiger partial charge in [0, 0.05) is 6.07 Å². The molecule has 0 fully saturated rings. The maximum atomic E-state index is 13.3. The van der Waals surface area contributed by atoms with Crippen molar-refractivity contribution < 1.29 is 8.78 Å². The molecule has 0 aliphatic heterocycles. The van der Waals surface area contributed by atoms with Crippen molar-refractivity contribution in [3.8, 4) is 11.1 Å². The number of hydrogen-bond donors (Lipinski definition) is 0. The molecule has 0 nitrogen and oxygen atoms in total. The van der Waals surface area contributed by atoms with Gasteiger partial charge >= 0.3 is 0 Å². The van der Waals surface area contributed by atoms with Gasteiger partial charge in [0.1, 0.15) is 11.6 Å². The van der Waals surface area contributed by atoms with E-state index in [0.29, 0.717) is 11.5 Å². The summed E-state index contributed by atoms with van der Waals surface area (Å²) in [7, 11) is 0. The Kier molecular flexibility index (Phi) is 3.75. The number of rotatable bonds is 3. The molecule has 2 aromatic rings. The molecule has 0 radical (unpaired) electrons. The lowest BCUT2D eigenvalue weighted by Crippen LogP contribution is -1.95. The second-order valence-corrected chi connectivity index (χ2v) is 4.55. The normalized spacial score (nSPS) is 12.4. The van der Waals surface area contributed by atoms with Crippen LogP contribution in [0.5, 0.6) is 0 Å². The SMILES string of the molecule is CCC(C)c1ccccc1-c1cc(F)cc(F)c1. The van der Waals surface area contributed by atoms with E-state index in [4.69, 9.17) is 0 Å². The van der Waals surface area contributed by atoms with Gasteiger partial charge in [0.05, 0.1) is 0 Å². The van der Waals surface area contributed by atoms with Gasteiger partial charge < -0.3 is 0 Å². The van der Waals surface area contributed by atoms with Crippen molar-refractivity contribution in [1.82, 2.24) is 0 Å². The van der Waals surface area contributed by atoms with Gasteiger partial charge in [-0.05, 0) is 41.2 Å². The maximum Gasteiger partial charge on any atom is 0.126 e. The molecule has 2 heteroatoms. The lowest BCUT2D eigenvalue weighted by Gasteiger charge is -2.15. The predicted octanol–water partition coefficient (Wildman–Crippen LogP) is 5.15. The third kappa shape index (κ3) is 2.58. The van der Waals surface area contributed by atoms with E-state index >= 15 is 0 Å². The fourth-order valence-electron chi connectivity index (χ4n) is 2.12. The first-order chi connectivity index (χ1) is 8.61. The molecule has 0 saturated heterocycles. The summed E-state index contributed by atoms with van der Waals surface area (Å²) in [6.45, 7) is 4.22. The summed E-state index contributed by atoms with van der Waals surface area (Å²) in [6.07, 6.45) is 0.995. The quantitative estimate of drug-likeness (QED) is 0.703. The van der Waals surface area contributed by atoms with Crippen LogP contribution in [-0.4, -0.2) is 0 Å². The monoisotopic (exact) mass is 246 g/mol. The maximum absolute atomic E-state index is 13.3. The summed E-state index contributed by atoms with van der Waals surface area (Å²) in [5, 5.41) is 0. The molecular weight excluding hydrogens is 230 g/mol. The summed E-state index contributed by atoms with van der Waals surface area (Å²) in [6, 6.07) is 11.4. The highest BCUT2D eigenvalue weighted by Gasteiger charge is 2.11. The molecular formula is C16H16F2. The average molecular weight is 246 g/mol. The highest BCUT2D eigenvalue weighted by atomic mass is 19.1. The average Bonchev–Trinajstić information content (AvgIpc) is 2.36. The standard InChI is InChI=1S/C16H16F2/c1-3-11(2)15-6-4-5-7-16(15)12-8-13(17)10-14(18)9-12/h4-11H,3H2,1-2H3. The van der Waals surface area contributed by atoms with E-state index in [1.54, 1.807) is 0 Å². The molecule has 0 aliphatic carbocycles. The van der Waals surface area contributed by atoms with E-state index in [0.717, 1.165) is 23.6 Å². The minimum Gasteiger partial charge on any atom is -0.207 e. The van der Waals surface area contributed by atoms with E-state index in [2.05, 4.69) is 13.8 Å². The Balaban J connectivity index is 2.56. The van der Waals surface area contributed by atoms with E-state index in [-0.39, 0.29) is 0 Å². The lowest BCUT2D eigenvalue weighted by atomic mass is 9.90. The third-order valence-corrected chi connectivity index (χ3v) is 3.28. The Hall–Kier alpha value is -1.70. The lowest BCUT2D eigenvalue weighted by molar-refractivity contribution is 0.584. The fraction of sp³-hybridized carbons (Fsp3) is 0.250. The van der Waals surface area contributed by atoms with Gasteiger partial charge in [-0.1, -0.05) is 38.1 Å². The van der Waals surface area contributed by atoms with Gasteiger partial charge in [0.25, 0.3) is 0 Å². The minimum absolute atomic E-state index is 0.368. The Morgan fingerprint density at radius 1 is 1.00 bits per heavy atom. The van der Waals surface area contributed by atoms with Crippen LogP contribution in [-0.2, 0) is 0 Å². The van der Waals surface area contributed by atoms with Crippen LogP contribution in [0.15, 0.2) is 42.5 Å². The van der Waals surface area contributed by atoms with E-state index in [9.17, 15) is 8.78 Å². The first-order valence-corrected chi connectivity index (χ1v) is 6.17. The molecule has 0 bridgehead atoms. The summed E-state index contributed by atoms with van der Waals surface area (Å²) < 4.78 is 26.6. The first kappa shape index (κ1) is 12.7. The van der Waals surface area contributed by atoms with Gasteiger partial charge in [-0.3, -0.25) is 0 Å². The Labute approximate surface area is 106 Å². The summed E-state index contributed by atoms with van der Waals surface area (Å²) in [5.74, 6) is -0.708. The van der Waals surface area contributed by atoms with Gasteiger partial charge in [-0.15, -0.1) is 0 Å². The summed E-state index contributed by atoms with van der Waals surface area (Å²) in [4.78, 5) is 0. The smallest absolute Gasteiger partial charge is 0.126 e. The summed E-state index contributed by atoms with van der Waals surface area (Å²) >= 11 is 0. The van der Waals surface area contributed by atoms with Crippen molar-refractivity contribution in [2.24, 2.45) is 0 Å². The largest absolute Gasteiger partial charge is 0.207 e. The predicted molar refractivity (Wildman–Crippen MR) is 70.5 cm³/mol. The number of halogens is 2. The van der Waals surface area contributed by atoms with Gasteiger partial charge in [-0.25, -0.2) is 8.78 Å². The highest BCUT2D eigenvalue weighted by Crippen LogP contribution is 2.31. The molecule has 94 valence electrons. The molecule has 0 amide bonds. The van der Waals surface area contributed by atoms with Crippen LogP contribution in [0.4, 0.5) is 8.78 Å². The Bertz CT molecular complexity index is 526.